The fourth-order valence-corrected chi connectivity index (χ4v) is 2.79. The molecule has 0 saturated heterocycles. The first-order valence-corrected chi connectivity index (χ1v) is 8.42. The highest BCUT2D eigenvalue weighted by Crippen LogP contribution is 2.32. The molecule has 2 aromatic carbocycles. The molecule has 0 aliphatic heterocycles. The first-order valence-electron chi connectivity index (χ1n) is 8.42. The van der Waals surface area contributed by atoms with E-state index in [0.29, 0.717) is 5.56 Å². The van der Waals surface area contributed by atoms with E-state index in [-0.39, 0.29) is 29.3 Å². The van der Waals surface area contributed by atoms with Crippen molar-refractivity contribution < 1.29 is 27.3 Å². The lowest BCUT2D eigenvalue weighted by Gasteiger charge is -2.15. The van der Waals surface area contributed by atoms with Gasteiger partial charge in [-0.2, -0.15) is 13.2 Å². The van der Waals surface area contributed by atoms with Crippen LogP contribution in [0.2, 0.25) is 0 Å². The van der Waals surface area contributed by atoms with Crippen molar-refractivity contribution in [2.75, 3.05) is 7.05 Å². The molecule has 0 bridgehead atoms. The Hall–Kier alpha value is -3.62. The Morgan fingerprint density at radius 1 is 1.10 bits per heavy atom. The molecular weight excluding hydrogens is 389 g/mol. The number of nitrogens with zero attached hydrogens (tertiary/aromatic N) is 2. The normalized spacial score (nSPS) is 11.3. The average Bonchev–Trinajstić information content (AvgIpc) is 3.17. The van der Waals surface area contributed by atoms with Crippen molar-refractivity contribution in [3.63, 3.8) is 0 Å². The quantitative estimate of drug-likeness (QED) is 0.436. The first kappa shape index (κ1) is 20.1. The summed E-state index contributed by atoms with van der Waals surface area (Å²) in [4.78, 5) is 24.4. The maximum atomic E-state index is 12.9. The zero-order valence-corrected chi connectivity index (χ0v) is 15.1. The van der Waals surface area contributed by atoms with E-state index in [9.17, 15) is 28.1 Å². The lowest BCUT2D eigenvalue weighted by Crippen LogP contribution is -2.26. The molecule has 0 saturated carbocycles. The van der Waals surface area contributed by atoms with Gasteiger partial charge >= 0.3 is 6.18 Å². The first-order chi connectivity index (χ1) is 13.7. The SMILES string of the molecule is CN(Cc1ccccc1[N+](=O)[O-])C(=O)c1ccc(-c2cccc(C(F)(F)F)c2)o1. The van der Waals surface area contributed by atoms with Crippen LogP contribution in [0.3, 0.4) is 0 Å². The number of furan rings is 1. The van der Waals surface area contributed by atoms with E-state index >= 15 is 0 Å². The zero-order chi connectivity index (χ0) is 21.2. The van der Waals surface area contributed by atoms with Crippen molar-refractivity contribution in [3.05, 3.63) is 87.7 Å². The van der Waals surface area contributed by atoms with Gasteiger partial charge in [0.1, 0.15) is 5.76 Å². The number of amides is 1. The molecule has 0 aliphatic rings. The van der Waals surface area contributed by atoms with Crippen LogP contribution in [0.4, 0.5) is 18.9 Å². The third-order valence-electron chi connectivity index (χ3n) is 4.23. The molecular formula is C20H15F3N2O4. The molecule has 150 valence electrons. The number of benzene rings is 2. The van der Waals surface area contributed by atoms with E-state index in [1.54, 1.807) is 6.07 Å². The maximum Gasteiger partial charge on any atom is 0.416 e. The van der Waals surface area contributed by atoms with Crippen LogP contribution < -0.4 is 0 Å². The molecule has 0 N–H and O–H groups in total. The van der Waals surface area contributed by atoms with Gasteiger partial charge in [-0.1, -0.05) is 30.3 Å². The third-order valence-corrected chi connectivity index (χ3v) is 4.23. The van der Waals surface area contributed by atoms with Crippen molar-refractivity contribution in [2.45, 2.75) is 12.7 Å². The van der Waals surface area contributed by atoms with Crippen LogP contribution in [0.1, 0.15) is 21.7 Å². The molecule has 9 heteroatoms. The van der Waals surface area contributed by atoms with E-state index in [4.69, 9.17) is 4.42 Å². The Bertz CT molecular complexity index is 1060. The van der Waals surface area contributed by atoms with Crippen LogP contribution in [0.15, 0.2) is 65.1 Å². The lowest BCUT2D eigenvalue weighted by molar-refractivity contribution is -0.385. The highest BCUT2D eigenvalue weighted by Gasteiger charge is 2.30. The largest absolute Gasteiger partial charge is 0.451 e. The number of carbonyl (C=O) groups excluding carboxylic acids is 1. The second-order valence-electron chi connectivity index (χ2n) is 6.29. The van der Waals surface area contributed by atoms with Gasteiger partial charge in [0.05, 0.1) is 17.0 Å². The topological polar surface area (TPSA) is 76.6 Å². The Morgan fingerprint density at radius 3 is 2.52 bits per heavy atom. The molecule has 6 nitrogen and oxygen atoms in total. The van der Waals surface area contributed by atoms with Crippen LogP contribution in [0, 0.1) is 10.1 Å². The van der Waals surface area contributed by atoms with Gasteiger partial charge in [-0.3, -0.25) is 14.9 Å². The second-order valence-corrected chi connectivity index (χ2v) is 6.29. The summed E-state index contributed by atoms with van der Waals surface area (Å²) >= 11 is 0. The fourth-order valence-electron chi connectivity index (χ4n) is 2.79. The Kier molecular flexibility index (Phi) is 5.40. The minimum absolute atomic E-state index is 0.0322. The van der Waals surface area contributed by atoms with Crippen molar-refractivity contribution >= 4 is 11.6 Å². The Morgan fingerprint density at radius 2 is 1.83 bits per heavy atom. The van der Waals surface area contributed by atoms with Crippen LogP contribution in [-0.4, -0.2) is 22.8 Å². The Balaban J connectivity index is 1.80. The molecule has 0 spiro atoms. The van der Waals surface area contributed by atoms with Crippen LogP contribution in [0.25, 0.3) is 11.3 Å². The molecule has 29 heavy (non-hydrogen) atoms. The molecule has 1 amide bonds. The molecule has 0 radical (unpaired) electrons. The molecule has 0 atom stereocenters. The number of nitro groups is 1. The number of hydrogen-bond acceptors (Lipinski definition) is 4. The standard InChI is InChI=1S/C20H15F3N2O4/c1-24(12-14-5-2-3-8-16(14)25(27)28)19(26)18-10-9-17(29-18)13-6-4-7-15(11-13)20(21,22)23/h2-11H,12H2,1H3. The summed E-state index contributed by atoms with van der Waals surface area (Å²) in [5.74, 6) is -0.529. The highest BCUT2D eigenvalue weighted by molar-refractivity contribution is 5.92. The Labute approximate surface area is 163 Å². The molecule has 0 aliphatic carbocycles. The van der Waals surface area contributed by atoms with Gasteiger partial charge in [0.15, 0.2) is 5.76 Å². The predicted molar refractivity (Wildman–Crippen MR) is 98.0 cm³/mol. The number of hydrogen-bond donors (Lipinski definition) is 0. The van der Waals surface area contributed by atoms with Gasteiger partial charge in [0, 0.05) is 24.2 Å². The predicted octanol–water partition coefficient (Wildman–Crippen LogP) is 5.15. The van der Waals surface area contributed by atoms with Crippen molar-refractivity contribution in [3.8, 4) is 11.3 Å². The number of para-hydroxylation sites is 1. The van der Waals surface area contributed by atoms with E-state index in [2.05, 4.69) is 0 Å². The van der Waals surface area contributed by atoms with E-state index in [1.165, 1.54) is 54.4 Å². The minimum Gasteiger partial charge on any atom is -0.451 e. The summed E-state index contributed by atoms with van der Waals surface area (Å²) in [6.07, 6.45) is -4.49. The van der Waals surface area contributed by atoms with E-state index in [1.807, 2.05) is 0 Å². The molecule has 0 fully saturated rings. The van der Waals surface area contributed by atoms with E-state index in [0.717, 1.165) is 12.1 Å². The summed E-state index contributed by atoms with van der Waals surface area (Å²) in [5, 5.41) is 11.1. The smallest absolute Gasteiger partial charge is 0.416 e. The highest BCUT2D eigenvalue weighted by atomic mass is 19.4. The van der Waals surface area contributed by atoms with Gasteiger partial charge < -0.3 is 9.32 Å². The maximum absolute atomic E-state index is 12.9. The lowest BCUT2D eigenvalue weighted by atomic mass is 10.1. The minimum atomic E-state index is -4.49. The van der Waals surface area contributed by atoms with Crippen LogP contribution in [-0.2, 0) is 12.7 Å². The molecule has 1 heterocycles. The van der Waals surface area contributed by atoms with Gasteiger partial charge in [-0.15, -0.1) is 0 Å². The number of nitro benzene ring substituents is 1. The second kappa shape index (κ2) is 7.78. The molecule has 0 unspecified atom stereocenters. The summed E-state index contributed by atoms with van der Waals surface area (Å²) in [5.41, 5.74) is -0.415. The van der Waals surface area contributed by atoms with Gasteiger partial charge in [-0.05, 0) is 24.3 Å². The zero-order valence-electron chi connectivity index (χ0n) is 15.1. The van der Waals surface area contributed by atoms with Crippen LogP contribution >= 0.6 is 0 Å². The molecule has 1 aromatic heterocycles. The number of alkyl halides is 3. The van der Waals surface area contributed by atoms with Crippen molar-refractivity contribution in [2.24, 2.45) is 0 Å². The third kappa shape index (κ3) is 4.45. The van der Waals surface area contributed by atoms with Crippen molar-refractivity contribution in [1.29, 1.82) is 0 Å². The van der Waals surface area contributed by atoms with E-state index < -0.39 is 22.6 Å². The fraction of sp³-hybridized carbons (Fsp3) is 0.150. The van der Waals surface area contributed by atoms with Gasteiger partial charge in [0.2, 0.25) is 0 Å². The number of halogens is 3. The number of rotatable bonds is 5. The summed E-state index contributed by atoms with van der Waals surface area (Å²) in [6, 6.07) is 13.4. The summed E-state index contributed by atoms with van der Waals surface area (Å²) < 4.78 is 44.1. The monoisotopic (exact) mass is 404 g/mol. The molecule has 3 aromatic rings. The van der Waals surface area contributed by atoms with Gasteiger partial charge in [0.25, 0.3) is 11.6 Å². The number of carbonyl (C=O) groups is 1. The average molecular weight is 404 g/mol. The summed E-state index contributed by atoms with van der Waals surface area (Å²) in [6.45, 7) is -0.0322. The van der Waals surface area contributed by atoms with Crippen molar-refractivity contribution in [1.82, 2.24) is 4.90 Å². The summed E-state index contributed by atoms with van der Waals surface area (Å²) in [7, 11) is 1.45. The van der Waals surface area contributed by atoms with Crippen LogP contribution in [0.5, 0.6) is 0 Å². The van der Waals surface area contributed by atoms with Gasteiger partial charge in [-0.25, -0.2) is 0 Å². The molecule has 3 rings (SSSR count).